The first-order chi connectivity index (χ1) is 11.9. The van der Waals surface area contributed by atoms with Crippen LogP contribution in [0.5, 0.6) is 0 Å². The fraction of sp³-hybridized carbons (Fsp3) is 0.263. The van der Waals surface area contributed by atoms with Crippen LogP contribution in [0.4, 0.5) is 0 Å². The van der Waals surface area contributed by atoms with E-state index in [1.54, 1.807) is 29.3 Å². The molecule has 0 bridgehead atoms. The quantitative estimate of drug-likeness (QED) is 0.661. The summed E-state index contributed by atoms with van der Waals surface area (Å²) in [6.45, 7) is 6.37. The van der Waals surface area contributed by atoms with Crippen molar-refractivity contribution >= 4 is 23.0 Å². The Morgan fingerprint density at radius 3 is 2.56 bits per heavy atom. The van der Waals surface area contributed by atoms with Crippen molar-refractivity contribution in [1.29, 1.82) is 5.26 Å². The van der Waals surface area contributed by atoms with Gasteiger partial charge in [0.05, 0.1) is 10.6 Å². The molecule has 0 saturated heterocycles. The zero-order valence-corrected chi connectivity index (χ0v) is 15.5. The molecule has 2 aromatic heterocycles. The van der Waals surface area contributed by atoms with Crippen LogP contribution < -0.4 is 0 Å². The third kappa shape index (κ3) is 3.67. The average molecular weight is 349 g/mol. The van der Waals surface area contributed by atoms with Gasteiger partial charge < -0.3 is 0 Å². The molecule has 5 nitrogen and oxygen atoms in total. The van der Waals surface area contributed by atoms with Crippen molar-refractivity contribution in [1.82, 2.24) is 19.7 Å². The van der Waals surface area contributed by atoms with Crippen LogP contribution in [0, 0.1) is 11.3 Å². The van der Waals surface area contributed by atoms with Gasteiger partial charge in [0.15, 0.2) is 11.6 Å². The summed E-state index contributed by atoms with van der Waals surface area (Å²) in [5.41, 5.74) is 1.39. The highest BCUT2D eigenvalue weighted by Gasteiger charge is 2.18. The van der Waals surface area contributed by atoms with Gasteiger partial charge in [-0.15, -0.1) is 11.3 Å². The molecule has 1 aromatic carbocycles. The minimum absolute atomic E-state index is 0.00514. The molecule has 0 saturated carbocycles. The second kappa shape index (κ2) is 6.61. The fourth-order valence-electron chi connectivity index (χ4n) is 2.32. The Balaban J connectivity index is 1.98. The first-order valence-corrected chi connectivity index (χ1v) is 8.75. The first-order valence-electron chi connectivity index (χ1n) is 7.93. The molecule has 0 spiro atoms. The van der Waals surface area contributed by atoms with Crippen molar-refractivity contribution in [2.24, 2.45) is 7.05 Å². The number of aryl methyl sites for hydroxylation is 1. The molecule has 0 aliphatic heterocycles. The molecule has 0 amide bonds. The van der Waals surface area contributed by atoms with Crippen molar-refractivity contribution < 1.29 is 0 Å². The van der Waals surface area contributed by atoms with Crippen LogP contribution in [0.3, 0.4) is 0 Å². The van der Waals surface area contributed by atoms with Gasteiger partial charge in [0.2, 0.25) is 0 Å². The number of thiazole rings is 1. The van der Waals surface area contributed by atoms with Crippen LogP contribution in [-0.4, -0.2) is 19.7 Å². The molecule has 0 radical (unpaired) electrons. The molecule has 6 heteroatoms. The summed E-state index contributed by atoms with van der Waals surface area (Å²) >= 11 is 1.59. The Labute approximate surface area is 151 Å². The van der Waals surface area contributed by atoms with E-state index in [-0.39, 0.29) is 5.41 Å². The molecular weight excluding hydrogens is 330 g/mol. The Kier molecular flexibility index (Phi) is 4.51. The molecule has 126 valence electrons. The van der Waals surface area contributed by atoms with E-state index in [0.29, 0.717) is 17.2 Å². The van der Waals surface area contributed by atoms with E-state index >= 15 is 0 Å². The molecule has 0 unspecified atom stereocenters. The minimum atomic E-state index is -0.00514. The summed E-state index contributed by atoms with van der Waals surface area (Å²) in [7, 11) is 1.80. The molecule has 0 atom stereocenters. The maximum Gasteiger partial charge on any atom is 0.181 e. The van der Waals surface area contributed by atoms with E-state index in [4.69, 9.17) is 0 Å². The number of nitrogens with zero attached hydrogens (tertiary/aromatic N) is 5. The summed E-state index contributed by atoms with van der Waals surface area (Å²) in [6.07, 6.45) is 3.63. The lowest BCUT2D eigenvalue weighted by atomic mass is 9.98. The number of hydrogen-bond donors (Lipinski definition) is 0. The Bertz CT molecular complexity index is 952. The lowest BCUT2D eigenvalue weighted by molar-refractivity contribution is 0.585. The largest absolute Gasteiger partial charge is 0.248 e. The van der Waals surface area contributed by atoms with E-state index in [1.165, 1.54) is 0 Å². The van der Waals surface area contributed by atoms with Gasteiger partial charge in [-0.2, -0.15) is 10.4 Å². The summed E-state index contributed by atoms with van der Waals surface area (Å²) in [5.74, 6) is 1.16. The zero-order valence-electron chi connectivity index (χ0n) is 14.7. The van der Waals surface area contributed by atoms with Crippen LogP contribution in [0.15, 0.2) is 36.5 Å². The van der Waals surface area contributed by atoms with Crippen LogP contribution >= 0.6 is 11.3 Å². The minimum Gasteiger partial charge on any atom is -0.248 e. The maximum atomic E-state index is 9.60. The molecule has 3 rings (SSSR count). The van der Waals surface area contributed by atoms with Crippen LogP contribution in [-0.2, 0) is 12.5 Å². The van der Waals surface area contributed by atoms with Gasteiger partial charge in [-0.1, -0.05) is 51.1 Å². The van der Waals surface area contributed by atoms with Crippen LogP contribution in [0.2, 0.25) is 0 Å². The number of hydrogen-bond acceptors (Lipinski definition) is 5. The van der Waals surface area contributed by atoms with E-state index in [9.17, 15) is 5.26 Å². The Morgan fingerprint density at radius 1 is 1.24 bits per heavy atom. The zero-order chi connectivity index (χ0) is 18.0. The van der Waals surface area contributed by atoms with Crippen LogP contribution in [0.1, 0.15) is 36.5 Å². The van der Waals surface area contributed by atoms with Gasteiger partial charge in [-0.05, 0) is 6.08 Å². The predicted octanol–water partition coefficient (Wildman–Crippen LogP) is 4.30. The number of nitriles is 1. The van der Waals surface area contributed by atoms with Gasteiger partial charge in [0.25, 0.3) is 0 Å². The summed E-state index contributed by atoms with van der Waals surface area (Å²) < 4.78 is 1.64. The monoisotopic (exact) mass is 349 g/mol. The van der Waals surface area contributed by atoms with Gasteiger partial charge in [-0.3, -0.25) is 0 Å². The molecule has 3 aromatic rings. The molecule has 0 N–H and O–H groups in total. The summed E-state index contributed by atoms with van der Waals surface area (Å²) in [6, 6.07) is 12.0. The third-order valence-electron chi connectivity index (χ3n) is 3.61. The highest BCUT2D eigenvalue weighted by atomic mass is 32.1. The smallest absolute Gasteiger partial charge is 0.181 e. The molecule has 25 heavy (non-hydrogen) atoms. The topological polar surface area (TPSA) is 67.4 Å². The van der Waals surface area contributed by atoms with Crippen molar-refractivity contribution in [3.63, 3.8) is 0 Å². The normalized spacial score (nSPS) is 12.2. The van der Waals surface area contributed by atoms with Gasteiger partial charge in [0, 0.05) is 29.1 Å². The van der Waals surface area contributed by atoms with E-state index in [1.807, 2.05) is 36.4 Å². The van der Waals surface area contributed by atoms with Crippen molar-refractivity contribution in [3.8, 4) is 17.5 Å². The molecular formula is C19H19N5S. The van der Waals surface area contributed by atoms with E-state index in [2.05, 4.69) is 41.9 Å². The molecule has 0 aliphatic rings. The number of allylic oxidation sites excluding steroid dienone is 1. The standard InChI is InChI=1S/C19H19N5S/c1-19(2,3)18-21-12-15(25-18)10-14(11-20)17-22-16(23-24(17)4)13-8-6-5-7-9-13/h5-10,12H,1-4H3/b14-10+. The van der Waals surface area contributed by atoms with Gasteiger partial charge in [-0.25, -0.2) is 14.6 Å². The van der Waals surface area contributed by atoms with E-state index < -0.39 is 0 Å². The Morgan fingerprint density at radius 2 is 1.96 bits per heavy atom. The first kappa shape index (κ1) is 17.1. The highest BCUT2D eigenvalue weighted by Crippen LogP contribution is 2.29. The second-order valence-electron chi connectivity index (χ2n) is 6.74. The van der Waals surface area contributed by atoms with Crippen LogP contribution in [0.25, 0.3) is 23.0 Å². The number of rotatable bonds is 3. The van der Waals surface area contributed by atoms with Crippen molar-refractivity contribution in [2.45, 2.75) is 26.2 Å². The van der Waals surface area contributed by atoms with E-state index in [0.717, 1.165) is 15.4 Å². The lowest BCUT2D eigenvalue weighted by Crippen LogP contribution is -2.09. The van der Waals surface area contributed by atoms with Crippen molar-refractivity contribution in [3.05, 3.63) is 52.2 Å². The predicted molar refractivity (Wildman–Crippen MR) is 101 cm³/mol. The SMILES string of the molecule is Cn1nc(-c2ccccc2)nc1/C(C#N)=C/c1cnc(C(C)(C)C)s1. The molecule has 2 heterocycles. The maximum absolute atomic E-state index is 9.60. The summed E-state index contributed by atoms with van der Waals surface area (Å²) in [5, 5.41) is 15.1. The van der Waals surface area contributed by atoms with Gasteiger partial charge in [0.1, 0.15) is 6.07 Å². The van der Waals surface area contributed by atoms with Gasteiger partial charge >= 0.3 is 0 Å². The second-order valence-corrected chi connectivity index (χ2v) is 7.80. The number of aromatic nitrogens is 4. The molecule has 0 fully saturated rings. The lowest BCUT2D eigenvalue weighted by Gasteiger charge is -2.13. The number of benzene rings is 1. The van der Waals surface area contributed by atoms with Crippen molar-refractivity contribution in [2.75, 3.05) is 0 Å². The Hall–Kier alpha value is -2.78. The summed E-state index contributed by atoms with van der Waals surface area (Å²) in [4.78, 5) is 9.95. The fourth-order valence-corrected chi connectivity index (χ4v) is 3.23. The highest BCUT2D eigenvalue weighted by molar-refractivity contribution is 7.12. The molecule has 0 aliphatic carbocycles. The third-order valence-corrected chi connectivity index (χ3v) is 4.98. The average Bonchev–Trinajstić information content (AvgIpc) is 3.20.